The number of nitrogens with one attached hydrogen (secondary N) is 1. The number of ether oxygens (including phenoxy) is 2. The molecule has 1 unspecified atom stereocenters. The highest BCUT2D eigenvalue weighted by atomic mass is 32.2. The third-order valence-corrected chi connectivity index (χ3v) is 6.67. The van der Waals surface area contributed by atoms with Crippen LogP contribution in [0.15, 0.2) is 42.5 Å². The van der Waals surface area contributed by atoms with Crippen molar-refractivity contribution in [2.75, 3.05) is 37.9 Å². The van der Waals surface area contributed by atoms with Crippen molar-refractivity contribution in [3.63, 3.8) is 0 Å². The fourth-order valence-corrected chi connectivity index (χ4v) is 4.53. The molecule has 0 aliphatic rings. The Morgan fingerprint density at radius 3 is 2.20 bits per heavy atom. The third-order valence-electron chi connectivity index (χ3n) is 5.54. The van der Waals surface area contributed by atoms with E-state index in [0.29, 0.717) is 18.7 Å². The van der Waals surface area contributed by atoms with Gasteiger partial charge in [0.25, 0.3) is 0 Å². The van der Waals surface area contributed by atoms with Crippen LogP contribution in [0.5, 0.6) is 11.5 Å². The first-order chi connectivity index (χ1) is 16.5. The van der Waals surface area contributed by atoms with E-state index in [1.807, 2.05) is 38.1 Å². The van der Waals surface area contributed by atoms with Crippen LogP contribution in [0.1, 0.15) is 31.4 Å². The fourth-order valence-electron chi connectivity index (χ4n) is 3.69. The van der Waals surface area contributed by atoms with Crippen molar-refractivity contribution < 1.29 is 27.5 Å². The Kier molecular flexibility index (Phi) is 9.94. The number of likely N-dealkylation sites (N-methyl/N-ethyl adjacent to an activating group) is 1. The lowest BCUT2D eigenvalue weighted by molar-refractivity contribution is -0.140. The number of amides is 2. The molecule has 2 aromatic carbocycles. The van der Waals surface area contributed by atoms with Crippen molar-refractivity contribution in [3.05, 3.63) is 53.6 Å². The van der Waals surface area contributed by atoms with Crippen molar-refractivity contribution in [2.45, 2.75) is 39.8 Å². The molecule has 0 radical (unpaired) electrons. The van der Waals surface area contributed by atoms with Crippen molar-refractivity contribution in [3.8, 4) is 11.5 Å². The number of aryl methyl sites for hydroxylation is 1. The molecule has 0 aromatic heterocycles. The topological polar surface area (TPSA) is 105 Å². The van der Waals surface area contributed by atoms with E-state index in [1.165, 1.54) is 25.2 Å². The Labute approximate surface area is 208 Å². The van der Waals surface area contributed by atoms with E-state index in [0.717, 1.165) is 21.7 Å². The molecule has 0 fully saturated rings. The molecule has 1 N–H and O–H groups in total. The van der Waals surface area contributed by atoms with Crippen LogP contribution in [0.4, 0.5) is 5.69 Å². The van der Waals surface area contributed by atoms with Gasteiger partial charge in [-0.3, -0.25) is 13.9 Å². The molecule has 0 bridgehead atoms. The van der Waals surface area contributed by atoms with Gasteiger partial charge >= 0.3 is 0 Å². The first kappa shape index (κ1) is 28.0. The number of hydrogen-bond acceptors (Lipinski definition) is 6. The Morgan fingerprint density at radius 2 is 1.69 bits per heavy atom. The highest BCUT2D eigenvalue weighted by Gasteiger charge is 2.32. The predicted molar refractivity (Wildman–Crippen MR) is 136 cm³/mol. The zero-order valence-corrected chi connectivity index (χ0v) is 22.0. The standard InChI is InChI=1S/C25H35N3O6S/c1-7-21(25(30)26-8-2)27(16-19-11-9-18(3)10-12-19)24(29)17-28(35(6,31)32)22-15-20(33-4)13-14-23(22)34-5/h9-15,21H,7-8,16-17H2,1-6H3,(H,26,30). The molecule has 0 aliphatic heterocycles. The molecule has 2 aromatic rings. The van der Waals surface area contributed by atoms with Gasteiger partial charge in [0, 0.05) is 19.2 Å². The number of nitrogens with zero attached hydrogens (tertiary/aromatic N) is 2. The fraction of sp³-hybridized carbons (Fsp3) is 0.440. The molecule has 35 heavy (non-hydrogen) atoms. The second-order valence-electron chi connectivity index (χ2n) is 8.13. The van der Waals surface area contributed by atoms with Gasteiger partial charge in [-0.1, -0.05) is 36.8 Å². The molecule has 0 heterocycles. The highest BCUT2D eigenvalue weighted by Crippen LogP contribution is 2.34. The number of anilines is 1. The van der Waals surface area contributed by atoms with Gasteiger partial charge in [-0.15, -0.1) is 0 Å². The molecule has 1 atom stereocenters. The lowest BCUT2D eigenvalue weighted by atomic mass is 10.1. The Hall–Kier alpha value is -3.27. The maximum atomic E-state index is 13.7. The summed E-state index contributed by atoms with van der Waals surface area (Å²) in [6, 6.07) is 11.6. The summed E-state index contributed by atoms with van der Waals surface area (Å²) in [5.74, 6) is -0.128. The van der Waals surface area contributed by atoms with Gasteiger partial charge in [-0.05, 0) is 38.0 Å². The second kappa shape index (κ2) is 12.4. The summed E-state index contributed by atoms with van der Waals surface area (Å²) in [5, 5.41) is 2.77. The molecule has 192 valence electrons. The van der Waals surface area contributed by atoms with Gasteiger partial charge in [-0.2, -0.15) is 0 Å². The SMILES string of the molecule is CCNC(=O)C(CC)N(Cc1ccc(C)cc1)C(=O)CN(c1cc(OC)ccc1OC)S(C)(=O)=O. The summed E-state index contributed by atoms with van der Waals surface area (Å²) >= 11 is 0. The van der Waals surface area contributed by atoms with Crippen LogP contribution in [0.2, 0.25) is 0 Å². The predicted octanol–water partition coefficient (Wildman–Crippen LogP) is 2.72. The number of benzene rings is 2. The molecule has 0 spiro atoms. The molecular formula is C25H35N3O6S. The quantitative estimate of drug-likeness (QED) is 0.476. The minimum atomic E-state index is -3.90. The minimum absolute atomic E-state index is 0.154. The Morgan fingerprint density at radius 1 is 1.03 bits per heavy atom. The van der Waals surface area contributed by atoms with Crippen LogP contribution < -0.4 is 19.1 Å². The summed E-state index contributed by atoms with van der Waals surface area (Å²) < 4.78 is 37.2. The molecule has 2 amide bonds. The monoisotopic (exact) mass is 505 g/mol. The number of rotatable bonds is 12. The second-order valence-corrected chi connectivity index (χ2v) is 10.0. The van der Waals surface area contributed by atoms with Crippen LogP contribution in [0.25, 0.3) is 0 Å². The van der Waals surface area contributed by atoms with E-state index in [2.05, 4.69) is 5.32 Å². The van der Waals surface area contributed by atoms with Crippen LogP contribution in [0.3, 0.4) is 0 Å². The van der Waals surface area contributed by atoms with E-state index in [-0.39, 0.29) is 23.9 Å². The van der Waals surface area contributed by atoms with Gasteiger partial charge in [-0.25, -0.2) is 8.42 Å². The molecule has 0 saturated carbocycles. The van der Waals surface area contributed by atoms with Crippen molar-refractivity contribution >= 4 is 27.5 Å². The average molecular weight is 506 g/mol. The summed E-state index contributed by atoms with van der Waals surface area (Å²) in [5.41, 5.74) is 2.07. The van der Waals surface area contributed by atoms with Crippen LogP contribution >= 0.6 is 0 Å². The van der Waals surface area contributed by atoms with E-state index in [1.54, 1.807) is 19.1 Å². The number of methoxy groups -OCH3 is 2. The summed E-state index contributed by atoms with van der Waals surface area (Å²) in [6.45, 7) is 5.64. The summed E-state index contributed by atoms with van der Waals surface area (Å²) in [6.07, 6.45) is 1.38. The minimum Gasteiger partial charge on any atom is -0.497 e. The van der Waals surface area contributed by atoms with Gasteiger partial charge in [0.1, 0.15) is 24.1 Å². The highest BCUT2D eigenvalue weighted by molar-refractivity contribution is 7.92. The lowest BCUT2D eigenvalue weighted by Crippen LogP contribution is -2.52. The number of carbonyl (C=O) groups is 2. The molecule has 0 aliphatic carbocycles. The normalized spacial score (nSPS) is 11.9. The largest absolute Gasteiger partial charge is 0.497 e. The van der Waals surface area contributed by atoms with Gasteiger partial charge in [0.05, 0.1) is 26.2 Å². The van der Waals surface area contributed by atoms with Crippen molar-refractivity contribution in [1.82, 2.24) is 10.2 Å². The maximum absolute atomic E-state index is 13.7. The van der Waals surface area contributed by atoms with Crippen LogP contribution in [-0.2, 0) is 26.2 Å². The zero-order valence-electron chi connectivity index (χ0n) is 21.2. The maximum Gasteiger partial charge on any atom is 0.244 e. The van der Waals surface area contributed by atoms with Gasteiger partial charge in [0.15, 0.2) is 0 Å². The first-order valence-corrected chi connectivity index (χ1v) is 13.2. The zero-order chi connectivity index (χ0) is 26.2. The van der Waals surface area contributed by atoms with Crippen molar-refractivity contribution in [1.29, 1.82) is 0 Å². The van der Waals surface area contributed by atoms with E-state index in [4.69, 9.17) is 9.47 Å². The summed E-state index contributed by atoms with van der Waals surface area (Å²) in [4.78, 5) is 27.9. The molecule has 0 saturated heterocycles. The molecular weight excluding hydrogens is 470 g/mol. The van der Waals surface area contributed by atoms with Crippen LogP contribution in [-0.4, -0.2) is 64.7 Å². The van der Waals surface area contributed by atoms with Gasteiger partial charge < -0.3 is 19.7 Å². The van der Waals surface area contributed by atoms with E-state index >= 15 is 0 Å². The Bertz CT molecular complexity index is 1120. The lowest BCUT2D eigenvalue weighted by Gasteiger charge is -2.33. The molecule has 10 heteroatoms. The first-order valence-electron chi connectivity index (χ1n) is 11.4. The van der Waals surface area contributed by atoms with E-state index in [9.17, 15) is 18.0 Å². The number of hydrogen-bond donors (Lipinski definition) is 1. The summed E-state index contributed by atoms with van der Waals surface area (Å²) in [7, 11) is -1.02. The average Bonchev–Trinajstić information content (AvgIpc) is 2.82. The molecule has 9 nitrogen and oxygen atoms in total. The Balaban J connectivity index is 2.51. The number of carbonyl (C=O) groups excluding carboxylic acids is 2. The third kappa shape index (κ3) is 7.35. The number of sulfonamides is 1. The van der Waals surface area contributed by atoms with Crippen LogP contribution in [0, 0.1) is 6.92 Å². The van der Waals surface area contributed by atoms with Crippen molar-refractivity contribution in [2.24, 2.45) is 0 Å². The van der Waals surface area contributed by atoms with Gasteiger partial charge in [0.2, 0.25) is 21.8 Å². The smallest absolute Gasteiger partial charge is 0.244 e. The van der Waals surface area contributed by atoms with E-state index < -0.39 is 28.5 Å². The molecule has 2 rings (SSSR count).